The van der Waals surface area contributed by atoms with Crippen molar-refractivity contribution in [2.75, 3.05) is 13.2 Å². The van der Waals surface area contributed by atoms with Crippen LogP contribution in [0.4, 0.5) is 8.78 Å². The van der Waals surface area contributed by atoms with Crippen LogP contribution in [0.15, 0.2) is 105 Å². The molecule has 4 aromatic carbocycles. The van der Waals surface area contributed by atoms with E-state index in [9.17, 15) is 13.6 Å². The zero-order valence-corrected chi connectivity index (χ0v) is 26.6. The lowest BCUT2D eigenvalue weighted by Crippen LogP contribution is -2.53. The Balaban J connectivity index is 1.52. The number of halogens is 4. The summed E-state index contributed by atoms with van der Waals surface area (Å²) in [6, 6.07) is 25.4. The van der Waals surface area contributed by atoms with E-state index >= 15 is 0 Å². The normalized spacial score (nSPS) is 17.6. The second kappa shape index (κ2) is 14.4. The van der Waals surface area contributed by atoms with Gasteiger partial charge >= 0.3 is 0 Å². The van der Waals surface area contributed by atoms with E-state index in [1.807, 2.05) is 48.5 Å². The highest BCUT2D eigenvalue weighted by molar-refractivity contribution is 9.10. The van der Waals surface area contributed by atoms with Crippen LogP contribution in [0.5, 0.6) is 5.75 Å². The maximum atomic E-state index is 14.3. The summed E-state index contributed by atoms with van der Waals surface area (Å²) in [5.74, 6) is -1.01. The van der Waals surface area contributed by atoms with Crippen molar-refractivity contribution in [2.24, 2.45) is 4.99 Å². The summed E-state index contributed by atoms with van der Waals surface area (Å²) in [5.41, 5.74) is 6.58. The molecule has 0 spiro atoms. The van der Waals surface area contributed by atoms with Crippen LogP contribution in [-0.4, -0.2) is 35.7 Å². The zero-order chi connectivity index (χ0) is 31.1. The predicted octanol–water partition coefficient (Wildman–Crippen LogP) is 6.57. The van der Waals surface area contributed by atoms with E-state index in [0.29, 0.717) is 29.9 Å². The fourth-order valence-corrected chi connectivity index (χ4v) is 5.59. The molecule has 0 fully saturated rings. The van der Waals surface area contributed by atoms with Crippen molar-refractivity contribution >= 4 is 43.7 Å². The number of nitrogens with zero attached hydrogens (tertiary/aromatic N) is 1. The number of aliphatic hydroxyl groups excluding tert-OH is 1. The van der Waals surface area contributed by atoms with Gasteiger partial charge in [0.2, 0.25) is 5.90 Å². The molecule has 1 aliphatic rings. The fraction of sp³-hybridized carbons (Fsp3) is 0.212. The molecule has 44 heavy (non-hydrogen) atoms. The Morgan fingerprint density at radius 2 is 1.68 bits per heavy atom. The lowest BCUT2D eigenvalue weighted by molar-refractivity contribution is -0.130. The maximum Gasteiger partial charge on any atom is 0.266 e. The van der Waals surface area contributed by atoms with Gasteiger partial charge in [0.25, 0.3) is 5.91 Å². The monoisotopic (exact) mass is 727 g/mol. The first-order valence-electron chi connectivity index (χ1n) is 13.8. The Labute approximate surface area is 270 Å². The molecule has 2 atom stereocenters. The fourth-order valence-electron chi connectivity index (χ4n) is 4.90. The van der Waals surface area contributed by atoms with Crippen LogP contribution in [0.3, 0.4) is 0 Å². The Bertz CT molecular complexity index is 1620. The SMILES string of the molecule is O=C(NNCc1cc(F)cc(F)c1)[C@@]1(Cc2ccccc2Br)N=C(c2ccc(OCCCO)cc2)O[C@H]1c1ccc(Br)cc1. The minimum atomic E-state index is -1.48. The third kappa shape index (κ3) is 7.52. The molecule has 228 valence electrons. The van der Waals surface area contributed by atoms with E-state index in [2.05, 4.69) is 42.7 Å². The van der Waals surface area contributed by atoms with Gasteiger partial charge in [-0.25, -0.2) is 19.2 Å². The number of aliphatic hydroxyl groups is 1. The highest BCUT2D eigenvalue weighted by Gasteiger charge is 2.53. The minimum Gasteiger partial charge on any atom is -0.494 e. The Hall–Kier alpha value is -3.64. The number of carbonyl (C=O) groups excluding carboxylic acids is 1. The molecule has 0 bridgehead atoms. The number of ether oxygens (including phenoxy) is 2. The number of hydrogen-bond donors (Lipinski definition) is 3. The van der Waals surface area contributed by atoms with Gasteiger partial charge in [0.15, 0.2) is 11.6 Å². The Morgan fingerprint density at radius 1 is 0.977 bits per heavy atom. The third-order valence-corrected chi connectivity index (χ3v) is 8.34. The van der Waals surface area contributed by atoms with Crippen LogP contribution in [0, 0.1) is 11.6 Å². The average Bonchev–Trinajstić information content (AvgIpc) is 3.39. The molecule has 0 unspecified atom stereocenters. The first kappa shape index (κ1) is 31.8. The summed E-state index contributed by atoms with van der Waals surface area (Å²) < 4.78 is 41.4. The number of hydrogen-bond acceptors (Lipinski definition) is 6. The summed E-state index contributed by atoms with van der Waals surface area (Å²) in [7, 11) is 0. The molecule has 0 saturated carbocycles. The molecule has 1 heterocycles. The van der Waals surface area contributed by atoms with Crippen LogP contribution >= 0.6 is 31.9 Å². The number of carbonyl (C=O) groups is 1. The lowest BCUT2D eigenvalue weighted by Gasteiger charge is -2.31. The zero-order valence-electron chi connectivity index (χ0n) is 23.4. The van der Waals surface area contributed by atoms with Gasteiger partial charge in [-0.2, -0.15) is 0 Å². The second-order valence-corrected chi connectivity index (χ2v) is 12.0. The van der Waals surface area contributed by atoms with Gasteiger partial charge < -0.3 is 14.6 Å². The van der Waals surface area contributed by atoms with Crippen molar-refractivity contribution in [1.82, 2.24) is 10.9 Å². The summed E-state index contributed by atoms with van der Waals surface area (Å²) in [4.78, 5) is 19.2. The van der Waals surface area contributed by atoms with Gasteiger partial charge in [-0.1, -0.05) is 62.2 Å². The lowest BCUT2D eigenvalue weighted by atomic mass is 9.82. The Morgan fingerprint density at radius 3 is 2.36 bits per heavy atom. The first-order valence-corrected chi connectivity index (χ1v) is 15.4. The molecular formula is C33H29Br2F2N3O4. The number of amides is 1. The number of hydrazine groups is 1. The molecular weight excluding hydrogens is 700 g/mol. The molecule has 0 aromatic heterocycles. The number of benzene rings is 4. The minimum absolute atomic E-state index is 0.0242. The van der Waals surface area contributed by atoms with Gasteiger partial charge in [-0.15, -0.1) is 0 Å². The molecule has 0 saturated heterocycles. The van der Waals surface area contributed by atoms with Gasteiger partial charge in [-0.3, -0.25) is 10.2 Å². The van der Waals surface area contributed by atoms with Crippen molar-refractivity contribution in [3.63, 3.8) is 0 Å². The standard InChI is InChI=1S/C33H29Br2F2N3O4/c34-25-10-6-22(7-11-25)30-33(19-24-4-1-2-5-29(24)35,32(42)40-38-20-21-16-26(36)18-27(37)17-21)39-31(44-30)23-8-12-28(13-9-23)43-15-3-14-41/h1-2,4-13,16-18,30,38,41H,3,14-15,19-20H2,(H,40,42)/t30-,33-/m0/s1. The quantitative estimate of drug-likeness (QED) is 0.113. The highest BCUT2D eigenvalue weighted by Crippen LogP contribution is 2.43. The highest BCUT2D eigenvalue weighted by atomic mass is 79.9. The molecule has 7 nitrogen and oxygen atoms in total. The molecule has 5 rings (SSSR count). The molecule has 0 aliphatic carbocycles. The summed E-state index contributed by atoms with van der Waals surface area (Å²) in [6.07, 6.45) is -0.142. The van der Waals surface area contributed by atoms with E-state index in [1.165, 1.54) is 12.1 Å². The maximum absolute atomic E-state index is 14.3. The predicted molar refractivity (Wildman–Crippen MR) is 170 cm³/mol. The van der Waals surface area contributed by atoms with Crippen LogP contribution in [0.25, 0.3) is 0 Å². The van der Waals surface area contributed by atoms with E-state index in [0.717, 1.165) is 26.1 Å². The molecule has 4 aromatic rings. The Kier molecular flexibility index (Phi) is 10.4. The number of rotatable bonds is 12. The van der Waals surface area contributed by atoms with Crippen LogP contribution in [0.1, 0.15) is 34.8 Å². The van der Waals surface area contributed by atoms with Crippen LogP contribution in [-0.2, 0) is 22.5 Å². The van der Waals surface area contributed by atoms with Crippen LogP contribution in [0.2, 0.25) is 0 Å². The van der Waals surface area contributed by atoms with E-state index < -0.39 is 29.2 Å². The molecule has 11 heteroatoms. The van der Waals surface area contributed by atoms with Gasteiger partial charge in [0.1, 0.15) is 17.4 Å². The van der Waals surface area contributed by atoms with E-state index in [4.69, 9.17) is 19.6 Å². The van der Waals surface area contributed by atoms with Crippen molar-refractivity contribution in [2.45, 2.75) is 31.0 Å². The van der Waals surface area contributed by atoms with E-state index in [-0.39, 0.29) is 25.5 Å². The molecule has 1 amide bonds. The van der Waals surface area contributed by atoms with Crippen molar-refractivity contribution < 1.29 is 28.2 Å². The third-order valence-electron chi connectivity index (χ3n) is 7.04. The van der Waals surface area contributed by atoms with Gasteiger partial charge in [0.05, 0.1) is 6.61 Å². The smallest absolute Gasteiger partial charge is 0.266 e. The topological polar surface area (TPSA) is 92.2 Å². The van der Waals surface area contributed by atoms with Crippen molar-refractivity contribution in [3.05, 3.63) is 134 Å². The van der Waals surface area contributed by atoms with Gasteiger partial charge in [-0.05, 0) is 71.3 Å². The van der Waals surface area contributed by atoms with Crippen LogP contribution < -0.4 is 15.6 Å². The average molecular weight is 729 g/mol. The summed E-state index contributed by atoms with van der Waals surface area (Å²) in [6.45, 7) is 0.392. The largest absolute Gasteiger partial charge is 0.494 e. The molecule has 1 aliphatic heterocycles. The van der Waals surface area contributed by atoms with E-state index in [1.54, 1.807) is 24.3 Å². The second-order valence-electron chi connectivity index (χ2n) is 10.2. The molecule has 0 radical (unpaired) electrons. The number of aliphatic imine (C=N–C) groups is 1. The van der Waals surface area contributed by atoms with Crippen molar-refractivity contribution in [3.8, 4) is 5.75 Å². The van der Waals surface area contributed by atoms with Crippen molar-refractivity contribution in [1.29, 1.82) is 0 Å². The van der Waals surface area contributed by atoms with Gasteiger partial charge in [0, 0.05) is 46.6 Å². The molecule has 3 N–H and O–H groups in total. The first-order chi connectivity index (χ1) is 21.3. The summed E-state index contributed by atoms with van der Waals surface area (Å²) >= 11 is 7.08. The number of nitrogens with one attached hydrogen (secondary N) is 2. The summed E-state index contributed by atoms with van der Waals surface area (Å²) in [5, 5.41) is 9.03.